The second-order valence-corrected chi connectivity index (χ2v) is 7.71. The standard InChI is InChI=1S/C23H23NO8/c1-11(25)24-8-7-12-9-15-21(31-10-30-15)22(29-4)16(12)18(24)19-13-5-6-14(27-2)20(28-3)17(13)23(26)32-19/h5-6,9,18-19H,7-8,10H2,1-4H3/t18-,19?/m1/s1. The molecule has 2 aromatic rings. The number of methoxy groups -OCH3 is 3. The topological polar surface area (TPSA) is 92.8 Å². The van der Waals surface area contributed by atoms with Crippen LogP contribution in [0.25, 0.3) is 0 Å². The minimum atomic E-state index is -0.755. The van der Waals surface area contributed by atoms with Gasteiger partial charge in [0, 0.05) is 24.6 Å². The van der Waals surface area contributed by atoms with Crippen LogP contribution in [0.3, 0.4) is 0 Å². The molecule has 0 aliphatic carbocycles. The van der Waals surface area contributed by atoms with Crippen LogP contribution in [-0.4, -0.2) is 51.4 Å². The zero-order valence-electron chi connectivity index (χ0n) is 18.2. The van der Waals surface area contributed by atoms with Gasteiger partial charge in [-0.1, -0.05) is 6.07 Å². The minimum Gasteiger partial charge on any atom is -0.493 e. The van der Waals surface area contributed by atoms with Gasteiger partial charge in [-0.2, -0.15) is 0 Å². The van der Waals surface area contributed by atoms with Crippen LogP contribution < -0.4 is 23.7 Å². The molecule has 0 bridgehead atoms. The van der Waals surface area contributed by atoms with Gasteiger partial charge in [-0.15, -0.1) is 0 Å². The predicted molar refractivity (Wildman–Crippen MR) is 111 cm³/mol. The summed E-state index contributed by atoms with van der Waals surface area (Å²) >= 11 is 0. The Morgan fingerprint density at radius 3 is 2.56 bits per heavy atom. The second-order valence-electron chi connectivity index (χ2n) is 7.71. The van der Waals surface area contributed by atoms with Crippen LogP contribution in [0.1, 0.15) is 46.1 Å². The Labute approximate surface area is 184 Å². The van der Waals surface area contributed by atoms with Crippen molar-refractivity contribution >= 4 is 11.9 Å². The van der Waals surface area contributed by atoms with Crippen molar-refractivity contribution in [2.75, 3.05) is 34.7 Å². The van der Waals surface area contributed by atoms with Crippen LogP contribution in [0.4, 0.5) is 0 Å². The van der Waals surface area contributed by atoms with Crippen LogP contribution >= 0.6 is 0 Å². The average molecular weight is 441 g/mol. The normalized spacial score (nSPS) is 20.4. The molecule has 5 rings (SSSR count). The van der Waals surface area contributed by atoms with Crippen molar-refractivity contribution in [3.05, 3.63) is 40.5 Å². The van der Waals surface area contributed by atoms with Crippen molar-refractivity contribution < 1.29 is 38.0 Å². The van der Waals surface area contributed by atoms with Gasteiger partial charge in [0.1, 0.15) is 11.6 Å². The molecule has 9 nitrogen and oxygen atoms in total. The van der Waals surface area contributed by atoms with E-state index in [0.29, 0.717) is 52.8 Å². The van der Waals surface area contributed by atoms with Gasteiger partial charge < -0.3 is 33.3 Å². The van der Waals surface area contributed by atoms with Crippen LogP contribution in [0.15, 0.2) is 18.2 Å². The average Bonchev–Trinajstić information content (AvgIpc) is 3.40. The molecule has 9 heteroatoms. The van der Waals surface area contributed by atoms with Gasteiger partial charge in [0.05, 0.1) is 21.3 Å². The van der Waals surface area contributed by atoms with E-state index in [0.717, 1.165) is 11.1 Å². The molecule has 0 spiro atoms. The number of carbonyl (C=O) groups is 2. The molecule has 1 amide bonds. The number of ether oxygens (including phenoxy) is 6. The summed E-state index contributed by atoms with van der Waals surface area (Å²) in [5.74, 6) is 1.64. The van der Waals surface area contributed by atoms with Crippen molar-refractivity contribution in [2.24, 2.45) is 0 Å². The van der Waals surface area contributed by atoms with Gasteiger partial charge in [0.15, 0.2) is 29.1 Å². The third-order valence-electron chi connectivity index (χ3n) is 6.22. The Morgan fingerprint density at radius 2 is 1.88 bits per heavy atom. The van der Waals surface area contributed by atoms with Gasteiger partial charge in [-0.3, -0.25) is 4.79 Å². The maximum Gasteiger partial charge on any atom is 0.343 e. The van der Waals surface area contributed by atoms with E-state index >= 15 is 0 Å². The van der Waals surface area contributed by atoms with Gasteiger partial charge in [0.25, 0.3) is 0 Å². The fourth-order valence-electron chi connectivity index (χ4n) is 4.88. The molecule has 32 heavy (non-hydrogen) atoms. The zero-order chi connectivity index (χ0) is 22.6. The Kier molecular flexibility index (Phi) is 4.76. The van der Waals surface area contributed by atoms with E-state index in [1.807, 2.05) is 6.07 Å². The zero-order valence-corrected chi connectivity index (χ0v) is 18.2. The van der Waals surface area contributed by atoms with E-state index in [1.165, 1.54) is 21.1 Å². The lowest BCUT2D eigenvalue weighted by molar-refractivity contribution is -0.134. The number of carbonyl (C=O) groups excluding carboxylic acids is 2. The Morgan fingerprint density at radius 1 is 1.09 bits per heavy atom. The molecular weight excluding hydrogens is 418 g/mol. The number of cyclic esters (lactones) is 1. The molecule has 0 radical (unpaired) electrons. The third-order valence-corrected chi connectivity index (χ3v) is 6.22. The van der Waals surface area contributed by atoms with E-state index in [4.69, 9.17) is 28.4 Å². The summed E-state index contributed by atoms with van der Waals surface area (Å²) in [5, 5.41) is 0. The Bertz CT molecular complexity index is 1130. The fourth-order valence-corrected chi connectivity index (χ4v) is 4.88. The van der Waals surface area contributed by atoms with Crippen molar-refractivity contribution in [3.63, 3.8) is 0 Å². The van der Waals surface area contributed by atoms with Gasteiger partial charge >= 0.3 is 5.97 Å². The summed E-state index contributed by atoms with van der Waals surface area (Å²) in [4.78, 5) is 27.3. The molecular formula is C23H23NO8. The van der Waals surface area contributed by atoms with Crippen molar-refractivity contribution in [2.45, 2.75) is 25.5 Å². The highest BCUT2D eigenvalue weighted by atomic mass is 16.7. The minimum absolute atomic E-state index is 0.0912. The summed E-state index contributed by atoms with van der Waals surface area (Å²) in [6.45, 7) is 2.06. The first-order chi connectivity index (χ1) is 15.5. The highest BCUT2D eigenvalue weighted by Gasteiger charge is 2.47. The lowest BCUT2D eigenvalue weighted by Gasteiger charge is -2.40. The van der Waals surface area contributed by atoms with Gasteiger partial charge in [-0.25, -0.2) is 4.79 Å². The maximum absolute atomic E-state index is 13.0. The van der Waals surface area contributed by atoms with Crippen molar-refractivity contribution in [1.82, 2.24) is 4.90 Å². The number of fused-ring (bicyclic) bond motifs is 3. The number of esters is 1. The Hall–Kier alpha value is -3.62. The summed E-state index contributed by atoms with van der Waals surface area (Å²) < 4.78 is 33.7. The quantitative estimate of drug-likeness (QED) is 0.669. The molecule has 168 valence electrons. The molecule has 1 unspecified atom stereocenters. The van der Waals surface area contributed by atoms with Crippen LogP contribution in [0.2, 0.25) is 0 Å². The monoisotopic (exact) mass is 441 g/mol. The first-order valence-electron chi connectivity index (χ1n) is 10.2. The third kappa shape index (κ3) is 2.77. The largest absolute Gasteiger partial charge is 0.493 e. The van der Waals surface area contributed by atoms with E-state index in [2.05, 4.69) is 0 Å². The molecule has 0 aromatic heterocycles. The van der Waals surface area contributed by atoms with Crippen LogP contribution in [0.5, 0.6) is 28.7 Å². The molecule has 3 aliphatic heterocycles. The summed E-state index contributed by atoms with van der Waals surface area (Å²) in [7, 11) is 4.52. The number of amides is 1. The van der Waals surface area contributed by atoms with Gasteiger partial charge in [-0.05, 0) is 24.1 Å². The highest BCUT2D eigenvalue weighted by Crippen LogP contribution is 2.55. The second kappa shape index (κ2) is 7.51. The molecule has 0 N–H and O–H groups in total. The maximum atomic E-state index is 13.0. The SMILES string of the molecule is COc1ccc2c(c1OC)C(=O)OC2[C@H]1c2c(cc3c(c2OC)OCO3)CCN1C(C)=O. The molecule has 2 aromatic carbocycles. The number of rotatable bonds is 4. The van der Waals surface area contributed by atoms with Crippen LogP contribution in [-0.2, 0) is 16.0 Å². The van der Waals surface area contributed by atoms with Crippen molar-refractivity contribution in [3.8, 4) is 28.7 Å². The van der Waals surface area contributed by atoms with E-state index in [-0.39, 0.29) is 12.7 Å². The number of hydrogen-bond acceptors (Lipinski definition) is 8. The van der Waals surface area contributed by atoms with E-state index < -0.39 is 18.1 Å². The lowest BCUT2D eigenvalue weighted by Crippen LogP contribution is -2.41. The molecule has 0 saturated heterocycles. The summed E-state index contributed by atoms with van der Waals surface area (Å²) in [5.41, 5.74) is 2.63. The summed E-state index contributed by atoms with van der Waals surface area (Å²) in [6.07, 6.45) is -0.146. The summed E-state index contributed by atoms with van der Waals surface area (Å²) in [6, 6.07) is 4.81. The first-order valence-corrected chi connectivity index (χ1v) is 10.2. The van der Waals surface area contributed by atoms with E-state index in [1.54, 1.807) is 24.1 Å². The molecule has 2 atom stereocenters. The number of benzene rings is 2. The molecule has 3 heterocycles. The molecule has 0 saturated carbocycles. The number of nitrogens with zero attached hydrogens (tertiary/aromatic N) is 1. The molecule has 3 aliphatic rings. The predicted octanol–water partition coefficient (Wildman–Crippen LogP) is 2.80. The van der Waals surface area contributed by atoms with Gasteiger partial charge in [0.2, 0.25) is 18.4 Å². The first kappa shape index (κ1) is 20.3. The molecule has 0 fully saturated rings. The lowest BCUT2D eigenvalue weighted by atomic mass is 9.85. The van der Waals surface area contributed by atoms with Crippen LogP contribution in [0, 0.1) is 0 Å². The highest BCUT2D eigenvalue weighted by molar-refractivity contribution is 5.98. The number of hydrogen-bond donors (Lipinski definition) is 0. The fraction of sp³-hybridized carbons (Fsp3) is 0.391. The van der Waals surface area contributed by atoms with E-state index in [9.17, 15) is 9.59 Å². The Balaban J connectivity index is 1.72. The van der Waals surface area contributed by atoms with Crippen molar-refractivity contribution in [1.29, 1.82) is 0 Å². The smallest absolute Gasteiger partial charge is 0.343 e.